The summed E-state index contributed by atoms with van der Waals surface area (Å²) in [5, 5.41) is 11.6. The van der Waals surface area contributed by atoms with E-state index >= 15 is 0 Å². The van der Waals surface area contributed by atoms with Crippen molar-refractivity contribution in [2.75, 3.05) is 7.11 Å². The van der Waals surface area contributed by atoms with Crippen molar-refractivity contribution in [3.63, 3.8) is 0 Å². The van der Waals surface area contributed by atoms with Crippen LogP contribution in [0.1, 0.15) is 32.8 Å². The number of alkyl carbamates (subject to hydrolysis) is 1. The van der Waals surface area contributed by atoms with E-state index in [0.29, 0.717) is 6.42 Å². The van der Waals surface area contributed by atoms with Crippen molar-refractivity contribution in [2.45, 2.75) is 45.3 Å². The summed E-state index contributed by atoms with van der Waals surface area (Å²) in [6.07, 6.45) is 0.290. The molecule has 5 heteroatoms. The molecule has 21 heavy (non-hydrogen) atoms. The largest absolute Gasteiger partial charge is 0.497 e. The molecule has 1 aromatic carbocycles. The van der Waals surface area contributed by atoms with Crippen molar-refractivity contribution >= 4 is 6.09 Å². The van der Waals surface area contributed by atoms with E-state index in [4.69, 9.17) is 14.7 Å². The highest BCUT2D eigenvalue weighted by Crippen LogP contribution is 2.14. The molecule has 1 rings (SSSR count). The average Bonchev–Trinajstić information content (AvgIpc) is 2.37. The summed E-state index contributed by atoms with van der Waals surface area (Å²) in [4.78, 5) is 11.8. The van der Waals surface area contributed by atoms with E-state index in [0.717, 1.165) is 11.3 Å². The standard InChI is InChI=1S/C16H22N2O3/c1-16(2,3)21-15(19)18-13(9-10-17)11-12-5-7-14(20-4)8-6-12/h5-8,13H,9,11H2,1-4H3,(H,18,19)/t13-/m1/s1. The highest BCUT2D eigenvalue weighted by Gasteiger charge is 2.19. The Morgan fingerprint density at radius 3 is 2.43 bits per heavy atom. The van der Waals surface area contributed by atoms with Gasteiger partial charge in [-0.2, -0.15) is 5.26 Å². The smallest absolute Gasteiger partial charge is 0.407 e. The number of carbonyl (C=O) groups excluding carboxylic acids is 1. The molecule has 0 saturated carbocycles. The summed E-state index contributed by atoms with van der Waals surface area (Å²) in [6, 6.07) is 9.34. The van der Waals surface area contributed by atoms with Crippen LogP contribution in [-0.4, -0.2) is 24.8 Å². The molecule has 1 atom stereocenters. The van der Waals surface area contributed by atoms with Crippen LogP contribution in [0.4, 0.5) is 4.79 Å². The molecule has 0 aliphatic carbocycles. The fourth-order valence-corrected chi connectivity index (χ4v) is 1.80. The fraction of sp³-hybridized carbons (Fsp3) is 0.500. The fourth-order valence-electron chi connectivity index (χ4n) is 1.80. The molecule has 0 saturated heterocycles. The van der Waals surface area contributed by atoms with E-state index in [2.05, 4.69) is 11.4 Å². The van der Waals surface area contributed by atoms with Crippen molar-refractivity contribution in [3.05, 3.63) is 29.8 Å². The Bertz CT molecular complexity index is 498. The lowest BCUT2D eigenvalue weighted by atomic mass is 10.0. The second-order valence-electron chi connectivity index (χ2n) is 5.76. The Morgan fingerprint density at radius 2 is 1.95 bits per heavy atom. The summed E-state index contributed by atoms with van der Waals surface area (Å²) in [6.45, 7) is 5.40. The Labute approximate surface area is 125 Å². The first kappa shape index (κ1) is 16.8. The minimum absolute atomic E-state index is 0.227. The topological polar surface area (TPSA) is 71.3 Å². The van der Waals surface area contributed by atoms with Crippen LogP contribution in [0.2, 0.25) is 0 Å². The maximum absolute atomic E-state index is 11.8. The molecule has 0 spiro atoms. The molecule has 0 unspecified atom stereocenters. The van der Waals surface area contributed by atoms with Crippen LogP contribution in [0.5, 0.6) is 5.75 Å². The van der Waals surface area contributed by atoms with Gasteiger partial charge in [0.1, 0.15) is 11.4 Å². The first-order valence-corrected chi connectivity index (χ1v) is 6.83. The molecule has 0 radical (unpaired) electrons. The van der Waals surface area contributed by atoms with E-state index in [1.807, 2.05) is 24.3 Å². The van der Waals surface area contributed by atoms with Crippen molar-refractivity contribution in [1.82, 2.24) is 5.32 Å². The third kappa shape index (κ3) is 6.66. The zero-order chi connectivity index (χ0) is 15.9. The van der Waals surface area contributed by atoms with E-state index in [-0.39, 0.29) is 12.5 Å². The van der Waals surface area contributed by atoms with Gasteiger partial charge in [0.05, 0.1) is 19.6 Å². The van der Waals surface area contributed by atoms with Crippen molar-refractivity contribution in [2.24, 2.45) is 0 Å². The summed E-state index contributed by atoms with van der Waals surface area (Å²) >= 11 is 0. The van der Waals surface area contributed by atoms with Gasteiger partial charge in [-0.3, -0.25) is 0 Å². The van der Waals surface area contributed by atoms with E-state index in [1.165, 1.54) is 0 Å². The number of amides is 1. The normalized spacial score (nSPS) is 12.1. The van der Waals surface area contributed by atoms with E-state index in [1.54, 1.807) is 27.9 Å². The van der Waals surface area contributed by atoms with Gasteiger partial charge in [-0.05, 0) is 44.9 Å². The van der Waals surface area contributed by atoms with Gasteiger partial charge in [-0.15, -0.1) is 0 Å². The summed E-state index contributed by atoms with van der Waals surface area (Å²) in [7, 11) is 1.61. The number of methoxy groups -OCH3 is 1. The van der Waals surface area contributed by atoms with Crippen LogP contribution in [0.3, 0.4) is 0 Å². The van der Waals surface area contributed by atoms with Gasteiger partial charge in [0.15, 0.2) is 0 Å². The van der Waals surface area contributed by atoms with Crippen LogP contribution in [0, 0.1) is 11.3 Å². The zero-order valence-corrected chi connectivity index (χ0v) is 13.0. The highest BCUT2D eigenvalue weighted by molar-refractivity contribution is 5.68. The number of nitrogens with one attached hydrogen (secondary N) is 1. The highest BCUT2D eigenvalue weighted by atomic mass is 16.6. The monoisotopic (exact) mass is 290 g/mol. The van der Waals surface area contributed by atoms with Crippen LogP contribution >= 0.6 is 0 Å². The lowest BCUT2D eigenvalue weighted by Gasteiger charge is -2.22. The molecule has 1 aromatic rings. The summed E-state index contributed by atoms with van der Waals surface area (Å²) in [5.74, 6) is 0.774. The van der Waals surface area contributed by atoms with E-state index in [9.17, 15) is 4.79 Å². The number of nitrogens with zero attached hydrogens (tertiary/aromatic N) is 1. The molecule has 0 bridgehead atoms. The maximum Gasteiger partial charge on any atom is 0.407 e. The number of rotatable bonds is 5. The lowest BCUT2D eigenvalue weighted by Crippen LogP contribution is -2.40. The van der Waals surface area contributed by atoms with Crippen molar-refractivity contribution in [3.8, 4) is 11.8 Å². The molecule has 0 aliphatic rings. The third-order valence-corrected chi connectivity index (χ3v) is 2.70. The predicted molar refractivity (Wildman–Crippen MR) is 80.1 cm³/mol. The number of nitriles is 1. The molecule has 114 valence electrons. The molecular weight excluding hydrogens is 268 g/mol. The van der Waals surface area contributed by atoms with Crippen molar-refractivity contribution in [1.29, 1.82) is 5.26 Å². The average molecular weight is 290 g/mol. The second kappa shape index (κ2) is 7.53. The van der Waals surface area contributed by atoms with Gasteiger partial charge in [-0.1, -0.05) is 12.1 Å². The van der Waals surface area contributed by atoms with Crippen molar-refractivity contribution < 1.29 is 14.3 Å². The van der Waals surface area contributed by atoms with Crippen LogP contribution in [-0.2, 0) is 11.2 Å². The Kier molecular flexibility index (Phi) is 6.04. The molecule has 0 aliphatic heterocycles. The molecule has 0 fully saturated rings. The molecular formula is C16H22N2O3. The van der Waals surface area contributed by atoms with E-state index < -0.39 is 11.7 Å². The lowest BCUT2D eigenvalue weighted by molar-refractivity contribution is 0.0505. The molecule has 0 aromatic heterocycles. The third-order valence-electron chi connectivity index (χ3n) is 2.70. The Hall–Kier alpha value is -2.22. The zero-order valence-electron chi connectivity index (χ0n) is 13.0. The van der Waals surface area contributed by atoms with Gasteiger partial charge >= 0.3 is 6.09 Å². The van der Waals surface area contributed by atoms with Gasteiger partial charge in [0.2, 0.25) is 0 Å². The van der Waals surface area contributed by atoms with Gasteiger partial charge < -0.3 is 14.8 Å². The first-order valence-electron chi connectivity index (χ1n) is 6.83. The number of hydrogen-bond donors (Lipinski definition) is 1. The molecule has 1 amide bonds. The number of benzene rings is 1. The molecule has 5 nitrogen and oxygen atoms in total. The number of carbonyl (C=O) groups is 1. The quantitative estimate of drug-likeness (QED) is 0.904. The van der Waals surface area contributed by atoms with Crippen LogP contribution in [0.15, 0.2) is 24.3 Å². The van der Waals surface area contributed by atoms with Gasteiger partial charge in [-0.25, -0.2) is 4.79 Å². The van der Waals surface area contributed by atoms with Gasteiger partial charge in [0, 0.05) is 6.04 Å². The number of ether oxygens (including phenoxy) is 2. The van der Waals surface area contributed by atoms with Gasteiger partial charge in [0.25, 0.3) is 0 Å². The summed E-state index contributed by atoms with van der Waals surface area (Å²) in [5.41, 5.74) is 0.466. The Balaban J connectivity index is 2.64. The van der Waals surface area contributed by atoms with Crippen LogP contribution < -0.4 is 10.1 Å². The first-order chi connectivity index (χ1) is 9.84. The second-order valence-corrected chi connectivity index (χ2v) is 5.76. The molecule has 0 heterocycles. The predicted octanol–water partition coefficient (Wildman–Crippen LogP) is 3.04. The molecule has 1 N–H and O–H groups in total. The minimum Gasteiger partial charge on any atom is -0.497 e. The summed E-state index contributed by atoms with van der Waals surface area (Å²) < 4.78 is 10.3. The Morgan fingerprint density at radius 1 is 1.33 bits per heavy atom. The maximum atomic E-state index is 11.8. The number of hydrogen-bond acceptors (Lipinski definition) is 4. The minimum atomic E-state index is -0.554. The van der Waals surface area contributed by atoms with Crippen LogP contribution in [0.25, 0.3) is 0 Å². The SMILES string of the molecule is COc1ccc(C[C@@H](CC#N)NC(=O)OC(C)(C)C)cc1.